The molecule has 3 aromatic heterocycles. The minimum atomic E-state index is 0.243. The summed E-state index contributed by atoms with van der Waals surface area (Å²) in [5, 5.41) is 5.43. The Balaban J connectivity index is 1.88. The van der Waals surface area contributed by atoms with E-state index in [4.69, 9.17) is 0 Å². The molecule has 0 bridgehead atoms. The summed E-state index contributed by atoms with van der Waals surface area (Å²) in [6, 6.07) is 4.48. The van der Waals surface area contributed by atoms with Crippen LogP contribution >= 0.6 is 11.3 Å². The highest BCUT2D eigenvalue weighted by atomic mass is 32.1. The highest BCUT2D eigenvalue weighted by Gasteiger charge is 2.15. The minimum Gasteiger partial charge on any atom is -0.313 e. The molecular weight excluding hydrogens is 268 g/mol. The van der Waals surface area contributed by atoms with Gasteiger partial charge in [0.05, 0.1) is 5.69 Å². The second-order valence-electron chi connectivity index (χ2n) is 5.00. The third-order valence-corrected chi connectivity index (χ3v) is 4.32. The maximum absolute atomic E-state index is 4.65. The van der Waals surface area contributed by atoms with Gasteiger partial charge in [0, 0.05) is 41.6 Å². The molecule has 1 N–H and O–H groups in total. The van der Waals surface area contributed by atoms with Crippen molar-refractivity contribution < 1.29 is 0 Å². The fourth-order valence-electron chi connectivity index (χ4n) is 2.52. The summed E-state index contributed by atoms with van der Waals surface area (Å²) in [5.74, 6) is 0. The lowest BCUT2D eigenvalue weighted by atomic mass is 10.0. The van der Waals surface area contributed by atoms with Crippen LogP contribution in [-0.2, 0) is 6.42 Å². The first-order valence-electron chi connectivity index (χ1n) is 6.70. The van der Waals surface area contributed by atoms with Gasteiger partial charge in [-0.2, -0.15) is 0 Å². The summed E-state index contributed by atoms with van der Waals surface area (Å²) in [7, 11) is 1.99. The van der Waals surface area contributed by atoms with Crippen molar-refractivity contribution in [3.63, 3.8) is 0 Å². The highest BCUT2D eigenvalue weighted by molar-refractivity contribution is 7.15. The second-order valence-corrected chi connectivity index (χ2v) is 5.87. The average Bonchev–Trinajstić information content (AvgIpc) is 2.97. The van der Waals surface area contributed by atoms with Crippen LogP contribution in [0.15, 0.2) is 29.9 Å². The van der Waals surface area contributed by atoms with E-state index in [1.54, 1.807) is 11.3 Å². The molecule has 3 aromatic rings. The van der Waals surface area contributed by atoms with Crippen molar-refractivity contribution in [3.05, 3.63) is 52.6 Å². The van der Waals surface area contributed by atoms with Gasteiger partial charge in [-0.3, -0.25) is 9.38 Å². The van der Waals surface area contributed by atoms with Gasteiger partial charge < -0.3 is 5.32 Å². The molecule has 1 unspecified atom stereocenters. The summed E-state index contributed by atoms with van der Waals surface area (Å²) >= 11 is 1.66. The Morgan fingerprint density at radius 1 is 1.30 bits per heavy atom. The Labute approximate surface area is 122 Å². The second kappa shape index (κ2) is 5.34. The first-order valence-corrected chi connectivity index (χ1v) is 7.58. The maximum Gasteiger partial charge on any atom is 0.193 e. The van der Waals surface area contributed by atoms with Crippen molar-refractivity contribution in [2.75, 3.05) is 7.05 Å². The molecule has 4 nitrogen and oxygen atoms in total. The topological polar surface area (TPSA) is 42.2 Å². The molecule has 0 spiro atoms. The number of likely N-dealkylation sites (N-methyl/N-ethyl adjacent to an activating group) is 1. The van der Waals surface area contributed by atoms with Gasteiger partial charge >= 0.3 is 0 Å². The van der Waals surface area contributed by atoms with E-state index in [0.29, 0.717) is 0 Å². The average molecular weight is 286 g/mol. The lowest BCUT2D eigenvalue weighted by Gasteiger charge is -2.17. The number of fused-ring (bicyclic) bond motifs is 1. The molecule has 0 saturated carbocycles. The van der Waals surface area contributed by atoms with Crippen LogP contribution in [0.1, 0.15) is 28.7 Å². The van der Waals surface area contributed by atoms with E-state index in [-0.39, 0.29) is 6.04 Å². The van der Waals surface area contributed by atoms with Crippen LogP contribution in [0.4, 0.5) is 0 Å². The van der Waals surface area contributed by atoms with E-state index < -0.39 is 0 Å². The highest BCUT2D eigenvalue weighted by Crippen LogP contribution is 2.21. The number of imidazole rings is 1. The van der Waals surface area contributed by atoms with Crippen LogP contribution in [0, 0.1) is 13.8 Å². The fraction of sp³-hybridized carbons (Fsp3) is 0.333. The maximum atomic E-state index is 4.65. The molecule has 0 amide bonds. The molecule has 3 heterocycles. The number of nitrogens with one attached hydrogen (secondary N) is 1. The lowest BCUT2D eigenvalue weighted by Crippen LogP contribution is -2.20. The Hall–Kier alpha value is -1.72. The van der Waals surface area contributed by atoms with Gasteiger partial charge in [-0.1, -0.05) is 6.07 Å². The molecule has 1 atom stereocenters. The zero-order valence-corrected chi connectivity index (χ0v) is 12.7. The number of hydrogen-bond acceptors (Lipinski definition) is 4. The number of thiazole rings is 1. The Morgan fingerprint density at radius 3 is 2.85 bits per heavy atom. The molecule has 3 rings (SSSR count). The lowest BCUT2D eigenvalue weighted by molar-refractivity contribution is 0.580. The normalized spacial score (nSPS) is 12.9. The summed E-state index contributed by atoms with van der Waals surface area (Å²) < 4.78 is 2.08. The summed E-state index contributed by atoms with van der Waals surface area (Å²) in [5.41, 5.74) is 4.50. The molecule has 0 aromatic carbocycles. The third-order valence-electron chi connectivity index (χ3n) is 3.55. The number of pyridine rings is 1. The van der Waals surface area contributed by atoms with Gasteiger partial charge in [0.25, 0.3) is 0 Å². The predicted molar refractivity (Wildman–Crippen MR) is 82.3 cm³/mol. The van der Waals surface area contributed by atoms with Crippen LogP contribution in [-0.4, -0.2) is 21.4 Å². The zero-order valence-electron chi connectivity index (χ0n) is 11.9. The monoisotopic (exact) mass is 286 g/mol. The van der Waals surface area contributed by atoms with Crippen LogP contribution in [0.25, 0.3) is 4.96 Å². The first kappa shape index (κ1) is 13.3. The van der Waals surface area contributed by atoms with Gasteiger partial charge in [-0.05, 0) is 32.5 Å². The quantitative estimate of drug-likeness (QED) is 0.802. The fourth-order valence-corrected chi connectivity index (χ4v) is 3.24. The van der Waals surface area contributed by atoms with Gasteiger partial charge in [0.2, 0.25) is 0 Å². The molecule has 20 heavy (non-hydrogen) atoms. The molecule has 0 saturated heterocycles. The summed E-state index contributed by atoms with van der Waals surface area (Å²) in [4.78, 5) is 10.3. The van der Waals surface area contributed by atoms with Crippen molar-refractivity contribution >= 4 is 16.3 Å². The van der Waals surface area contributed by atoms with E-state index in [9.17, 15) is 0 Å². The van der Waals surface area contributed by atoms with E-state index in [1.807, 2.05) is 20.2 Å². The summed E-state index contributed by atoms with van der Waals surface area (Å²) in [6.45, 7) is 4.09. The van der Waals surface area contributed by atoms with E-state index >= 15 is 0 Å². The first-order chi connectivity index (χ1) is 9.67. The summed E-state index contributed by atoms with van der Waals surface area (Å²) in [6.07, 6.45) is 5.02. The standard InChI is InChI=1S/C15H18N4S/c1-10-4-5-13(11(2)17-10)14(16-3)8-12-9-19-6-7-20-15(19)18-12/h4-7,9,14,16H,8H2,1-3H3. The molecule has 0 radical (unpaired) electrons. The molecule has 0 aliphatic rings. The number of nitrogens with zero attached hydrogens (tertiary/aromatic N) is 3. The SMILES string of the molecule is CNC(Cc1cn2ccsc2n1)c1ccc(C)nc1C. The number of hydrogen-bond donors (Lipinski definition) is 1. The number of aromatic nitrogens is 3. The van der Waals surface area contributed by atoms with Gasteiger partial charge in [-0.15, -0.1) is 11.3 Å². The molecule has 0 aliphatic carbocycles. The van der Waals surface area contributed by atoms with Crippen molar-refractivity contribution in [1.82, 2.24) is 19.7 Å². The van der Waals surface area contributed by atoms with Crippen molar-refractivity contribution in [3.8, 4) is 0 Å². The minimum absolute atomic E-state index is 0.243. The number of aryl methyl sites for hydroxylation is 2. The Bertz CT molecular complexity index is 700. The van der Waals surface area contributed by atoms with Crippen LogP contribution < -0.4 is 5.32 Å². The van der Waals surface area contributed by atoms with Crippen molar-refractivity contribution in [1.29, 1.82) is 0 Å². The van der Waals surface area contributed by atoms with Gasteiger partial charge in [0.1, 0.15) is 0 Å². The van der Waals surface area contributed by atoms with Crippen LogP contribution in [0.2, 0.25) is 0 Å². The number of rotatable bonds is 4. The third kappa shape index (κ3) is 2.46. The molecule has 104 valence electrons. The Morgan fingerprint density at radius 2 is 2.15 bits per heavy atom. The van der Waals surface area contributed by atoms with Gasteiger partial charge in [0.15, 0.2) is 4.96 Å². The van der Waals surface area contributed by atoms with Gasteiger partial charge in [-0.25, -0.2) is 4.98 Å². The molecular formula is C15H18N4S. The zero-order chi connectivity index (χ0) is 14.1. The molecule has 0 aliphatic heterocycles. The molecule has 5 heteroatoms. The van der Waals surface area contributed by atoms with E-state index in [0.717, 1.165) is 28.5 Å². The smallest absolute Gasteiger partial charge is 0.193 e. The van der Waals surface area contributed by atoms with Crippen molar-refractivity contribution in [2.24, 2.45) is 0 Å². The van der Waals surface area contributed by atoms with Crippen molar-refractivity contribution in [2.45, 2.75) is 26.3 Å². The van der Waals surface area contributed by atoms with E-state index in [1.165, 1.54) is 5.56 Å². The Kier molecular flexibility index (Phi) is 3.54. The molecule has 0 fully saturated rings. The van der Waals surface area contributed by atoms with Crippen LogP contribution in [0.5, 0.6) is 0 Å². The predicted octanol–water partition coefficient (Wildman–Crippen LogP) is 2.91. The largest absolute Gasteiger partial charge is 0.313 e. The van der Waals surface area contributed by atoms with Crippen LogP contribution in [0.3, 0.4) is 0 Å². The van der Waals surface area contributed by atoms with E-state index in [2.05, 4.69) is 50.3 Å².